The van der Waals surface area contributed by atoms with Crippen molar-refractivity contribution >= 4 is 17.2 Å². The minimum Gasteiger partial charge on any atom is -0.386 e. The molecule has 1 aliphatic heterocycles. The highest BCUT2D eigenvalue weighted by atomic mass is 16.3. The van der Waals surface area contributed by atoms with Crippen molar-refractivity contribution in [1.82, 2.24) is 4.90 Å². The van der Waals surface area contributed by atoms with Gasteiger partial charge in [0, 0.05) is 11.3 Å². The molecule has 0 radical (unpaired) electrons. The minimum absolute atomic E-state index is 0.258. The van der Waals surface area contributed by atoms with Crippen molar-refractivity contribution in [2.24, 2.45) is 11.7 Å². The average Bonchev–Trinajstić information content (AvgIpc) is 2.84. The van der Waals surface area contributed by atoms with Crippen LogP contribution in [0.4, 0.5) is 0 Å². The van der Waals surface area contributed by atoms with E-state index < -0.39 is 5.60 Å². The molecule has 1 aromatic rings. The first-order valence-corrected chi connectivity index (χ1v) is 14.4. The van der Waals surface area contributed by atoms with Crippen LogP contribution in [0.15, 0.2) is 47.1 Å². The number of carbonyl (C=O) groups excluding carboxylic acids is 1. The maximum atomic E-state index is 11.4. The number of allylic oxidation sites excluding steroid dienone is 5. The largest absolute Gasteiger partial charge is 0.386 e. The van der Waals surface area contributed by atoms with Crippen LogP contribution in [0.5, 0.6) is 0 Å². The SMILES string of the molecule is C/C=C(\C=C(/C(=N)CC)C(C)(C)O)C(/CCC)=C(/c1cc(C2CCN(CC(N)=O)CC2)ccc1C)C(C)C. The molecule has 0 saturated carbocycles. The number of likely N-dealkylation sites (tertiary alicyclic amines) is 1. The molecule has 4 N–H and O–H groups in total. The van der Waals surface area contributed by atoms with E-state index in [0.717, 1.165) is 44.3 Å². The summed E-state index contributed by atoms with van der Waals surface area (Å²) in [5.41, 5.74) is 13.1. The summed E-state index contributed by atoms with van der Waals surface area (Å²) in [6, 6.07) is 6.93. The van der Waals surface area contributed by atoms with Gasteiger partial charge in [-0.3, -0.25) is 9.69 Å². The van der Waals surface area contributed by atoms with Crippen LogP contribution in [-0.4, -0.2) is 46.9 Å². The van der Waals surface area contributed by atoms with Crippen LogP contribution < -0.4 is 5.73 Å². The normalized spacial score (nSPS) is 17.1. The zero-order valence-corrected chi connectivity index (χ0v) is 25.1. The highest BCUT2D eigenvalue weighted by Gasteiger charge is 2.26. The smallest absolute Gasteiger partial charge is 0.231 e. The molecule has 1 fully saturated rings. The predicted octanol–water partition coefficient (Wildman–Crippen LogP) is 6.94. The van der Waals surface area contributed by atoms with E-state index in [0.29, 0.717) is 36.1 Å². The predicted molar refractivity (Wildman–Crippen MR) is 162 cm³/mol. The summed E-state index contributed by atoms with van der Waals surface area (Å²) >= 11 is 0. The van der Waals surface area contributed by atoms with Crippen LogP contribution >= 0.6 is 0 Å². The van der Waals surface area contributed by atoms with Crippen LogP contribution in [-0.2, 0) is 4.79 Å². The van der Waals surface area contributed by atoms with E-state index in [1.807, 2.05) is 13.0 Å². The molecular formula is C33H51N3O2. The van der Waals surface area contributed by atoms with Gasteiger partial charge >= 0.3 is 0 Å². The topological polar surface area (TPSA) is 90.4 Å². The fraction of sp³-hybridized carbons (Fsp3) is 0.576. The Labute approximate surface area is 231 Å². The number of primary amides is 1. The third-order valence-electron chi connectivity index (χ3n) is 7.69. The molecule has 1 saturated heterocycles. The van der Waals surface area contributed by atoms with Gasteiger partial charge in [-0.25, -0.2) is 0 Å². The molecule has 0 unspecified atom stereocenters. The standard InChI is InChI=1S/C33H51N3O2/c1-9-12-27(24(10-2)20-29(30(34)11-3)33(7,8)38)32(22(4)5)28-19-26(14-13-23(28)6)25-15-17-36(18-16-25)21-31(35)37/h10,13-14,19-20,22,25,34,38H,9,11-12,15-18,21H2,1-8H3,(H2,35,37)/b24-10+,29-20+,32-27+,34-30?. The number of amides is 1. The van der Waals surface area contributed by atoms with Crippen molar-refractivity contribution in [3.8, 4) is 0 Å². The van der Waals surface area contributed by atoms with Gasteiger partial charge in [0.2, 0.25) is 5.91 Å². The van der Waals surface area contributed by atoms with Crippen LogP contribution in [0.25, 0.3) is 5.57 Å². The van der Waals surface area contributed by atoms with E-state index in [2.05, 4.69) is 63.8 Å². The Morgan fingerprint density at radius 2 is 1.87 bits per heavy atom. The number of aliphatic hydroxyl groups is 1. The molecule has 1 heterocycles. The second-order valence-electron chi connectivity index (χ2n) is 11.6. The third kappa shape index (κ3) is 8.25. The monoisotopic (exact) mass is 521 g/mol. The molecule has 5 nitrogen and oxygen atoms in total. The lowest BCUT2D eigenvalue weighted by Gasteiger charge is -2.32. The third-order valence-corrected chi connectivity index (χ3v) is 7.69. The van der Waals surface area contributed by atoms with Gasteiger partial charge < -0.3 is 16.2 Å². The lowest BCUT2D eigenvalue weighted by molar-refractivity contribution is -0.119. The van der Waals surface area contributed by atoms with Crippen LogP contribution in [0.2, 0.25) is 0 Å². The first kappa shape index (κ1) is 31.7. The lowest BCUT2D eigenvalue weighted by Crippen LogP contribution is -2.39. The van der Waals surface area contributed by atoms with Gasteiger partial charge in [-0.2, -0.15) is 0 Å². The highest BCUT2D eigenvalue weighted by Crippen LogP contribution is 2.38. The van der Waals surface area contributed by atoms with E-state index in [1.165, 1.54) is 27.8 Å². The number of nitrogens with one attached hydrogen (secondary N) is 1. The van der Waals surface area contributed by atoms with Crippen molar-refractivity contribution in [3.63, 3.8) is 0 Å². The molecule has 38 heavy (non-hydrogen) atoms. The van der Waals surface area contributed by atoms with Gasteiger partial charge in [0.25, 0.3) is 0 Å². The summed E-state index contributed by atoms with van der Waals surface area (Å²) in [6.45, 7) is 18.6. The van der Waals surface area contributed by atoms with Gasteiger partial charge in [-0.15, -0.1) is 0 Å². The summed E-state index contributed by atoms with van der Waals surface area (Å²) < 4.78 is 0. The number of piperidine rings is 1. The molecule has 0 bridgehead atoms. The Hall–Kier alpha value is -2.50. The van der Waals surface area contributed by atoms with Crippen molar-refractivity contribution in [2.75, 3.05) is 19.6 Å². The summed E-state index contributed by atoms with van der Waals surface area (Å²) in [5.74, 6) is 0.517. The second kappa shape index (κ2) is 14.0. The van der Waals surface area contributed by atoms with E-state index in [-0.39, 0.29) is 5.91 Å². The molecular weight excluding hydrogens is 470 g/mol. The number of nitrogens with two attached hydrogens (primary N) is 1. The Balaban J connectivity index is 2.63. The highest BCUT2D eigenvalue weighted by molar-refractivity contribution is 6.00. The summed E-state index contributed by atoms with van der Waals surface area (Å²) in [5, 5.41) is 19.5. The first-order valence-electron chi connectivity index (χ1n) is 14.4. The zero-order chi connectivity index (χ0) is 28.6. The molecule has 1 aliphatic rings. The number of rotatable bonds is 12. The Bertz CT molecular complexity index is 1080. The first-order chi connectivity index (χ1) is 17.8. The van der Waals surface area contributed by atoms with Crippen molar-refractivity contribution in [2.45, 2.75) is 99.0 Å². The van der Waals surface area contributed by atoms with Crippen LogP contribution in [0.1, 0.15) is 103 Å². The average molecular weight is 522 g/mol. The lowest BCUT2D eigenvalue weighted by atomic mass is 9.80. The van der Waals surface area contributed by atoms with Crippen molar-refractivity contribution in [1.29, 1.82) is 5.41 Å². The zero-order valence-electron chi connectivity index (χ0n) is 25.1. The molecule has 0 aromatic heterocycles. The van der Waals surface area contributed by atoms with Gasteiger partial charge in [0.15, 0.2) is 0 Å². The molecule has 1 aromatic carbocycles. The Morgan fingerprint density at radius 3 is 2.34 bits per heavy atom. The number of hydrogen-bond acceptors (Lipinski definition) is 4. The number of hydrogen-bond donors (Lipinski definition) is 3. The molecule has 210 valence electrons. The number of carbonyl (C=O) groups is 1. The van der Waals surface area contributed by atoms with Crippen LogP contribution in [0.3, 0.4) is 0 Å². The molecule has 0 atom stereocenters. The molecule has 5 heteroatoms. The van der Waals surface area contributed by atoms with Gasteiger partial charge in [0.1, 0.15) is 0 Å². The van der Waals surface area contributed by atoms with Crippen molar-refractivity contribution in [3.05, 3.63) is 63.8 Å². The van der Waals surface area contributed by atoms with E-state index in [1.54, 1.807) is 13.8 Å². The van der Waals surface area contributed by atoms with Gasteiger partial charge in [-0.05, 0) is 118 Å². The van der Waals surface area contributed by atoms with Crippen molar-refractivity contribution < 1.29 is 9.90 Å². The fourth-order valence-electron chi connectivity index (χ4n) is 5.66. The van der Waals surface area contributed by atoms with E-state index in [4.69, 9.17) is 11.1 Å². The summed E-state index contributed by atoms with van der Waals surface area (Å²) in [7, 11) is 0. The molecule has 0 aliphatic carbocycles. The Morgan fingerprint density at radius 1 is 1.24 bits per heavy atom. The number of benzene rings is 1. The molecule has 0 spiro atoms. The van der Waals surface area contributed by atoms with Crippen LogP contribution in [0, 0.1) is 18.3 Å². The maximum absolute atomic E-state index is 11.4. The van der Waals surface area contributed by atoms with E-state index in [9.17, 15) is 9.90 Å². The minimum atomic E-state index is -1.09. The molecule has 1 amide bonds. The Kier molecular flexibility index (Phi) is 11.7. The number of nitrogens with zero attached hydrogens (tertiary/aromatic N) is 1. The summed E-state index contributed by atoms with van der Waals surface area (Å²) in [4.78, 5) is 13.5. The van der Waals surface area contributed by atoms with Gasteiger partial charge in [-0.1, -0.05) is 58.4 Å². The summed E-state index contributed by atoms with van der Waals surface area (Å²) in [6.07, 6.45) is 8.75. The van der Waals surface area contributed by atoms with E-state index >= 15 is 0 Å². The number of aryl methyl sites for hydroxylation is 1. The second-order valence-corrected chi connectivity index (χ2v) is 11.6. The quantitative estimate of drug-likeness (QED) is 0.205. The van der Waals surface area contributed by atoms with Gasteiger partial charge in [0.05, 0.1) is 12.1 Å². The molecule has 2 rings (SSSR count). The maximum Gasteiger partial charge on any atom is 0.231 e. The fourth-order valence-corrected chi connectivity index (χ4v) is 5.66.